The van der Waals surface area contributed by atoms with Gasteiger partial charge in [-0.15, -0.1) is 0 Å². The lowest BCUT2D eigenvalue weighted by molar-refractivity contribution is 0.247. The molecule has 0 aliphatic carbocycles. The second-order valence-electron chi connectivity index (χ2n) is 7.19. The Morgan fingerprint density at radius 3 is 2.57 bits per heavy atom. The maximum Gasteiger partial charge on any atom is 0.159 e. The van der Waals surface area contributed by atoms with Crippen LogP contribution in [0.2, 0.25) is 0 Å². The van der Waals surface area contributed by atoms with Crippen molar-refractivity contribution in [1.82, 2.24) is 4.98 Å². The molecule has 0 bridgehead atoms. The van der Waals surface area contributed by atoms with Gasteiger partial charge in [-0.3, -0.25) is 4.98 Å². The van der Waals surface area contributed by atoms with Crippen LogP contribution >= 0.6 is 0 Å². The van der Waals surface area contributed by atoms with Gasteiger partial charge in [0, 0.05) is 41.0 Å². The summed E-state index contributed by atoms with van der Waals surface area (Å²) in [6.45, 7) is 0. The van der Waals surface area contributed by atoms with Crippen molar-refractivity contribution in [1.29, 1.82) is 0 Å². The molecule has 1 N–H and O–H groups in total. The van der Waals surface area contributed by atoms with Gasteiger partial charge in [0.15, 0.2) is 6.10 Å². The zero-order valence-electron chi connectivity index (χ0n) is 16.6. The lowest BCUT2D eigenvalue weighted by atomic mass is 10.0. The third-order valence-corrected chi connectivity index (χ3v) is 5.16. The summed E-state index contributed by atoms with van der Waals surface area (Å²) in [6.07, 6.45) is 5.83. The molecule has 1 aliphatic rings. The minimum atomic E-state index is -0.211. The molecule has 0 radical (unpaired) electrons. The van der Waals surface area contributed by atoms with Crippen molar-refractivity contribution in [2.24, 2.45) is 0 Å². The van der Waals surface area contributed by atoms with Crippen LogP contribution in [0.1, 0.15) is 28.5 Å². The highest BCUT2D eigenvalue weighted by Gasteiger charge is 2.18. The Kier molecular flexibility index (Phi) is 4.67. The molecule has 4 aromatic rings. The minimum absolute atomic E-state index is 0.211. The molecule has 5 rings (SSSR count). The Balaban J connectivity index is 1.41. The van der Waals surface area contributed by atoms with Crippen LogP contribution in [-0.2, 0) is 0 Å². The van der Waals surface area contributed by atoms with E-state index in [0.717, 1.165) is 44.6 Å². The standard InChI is InChI=1S/C27H20N2O/c1-28-24-8-4-5-19(15-24)9-10-20-11-12-21-13-14-26(30-27(21)16-20)25-17-22-6-2-3-7-23(22)18-29-25/h2-8,11-18,26,28H,1H3. The van der Waals surface area contributed by atoms with E-state index in [1.165, 1.54) is 0 Å². The summed E-state index contributed by atoms with van der Waals surface area (Å²) in [7, 11) is 1.90. The number of pyridine rings is 1. The van der Waals surface area contributed by atoms with Crippen molar-refractivity contribution in [3.63, 3.8) is 0 Å². The van der Waals surface area contributed by atoms with Gasteiger partial charge in [0.25, 0.3) is 0 Å². The molecule has 0 spiro atoms. The van der Waals surface area contributed by atoms with Crippen LogP contribution in [0.3, 0.4) is 0 Å². The van der Waals surface area contributed by atoms with Gasteiger partial charge < -0.3 is 10.1 Å². The third kappa shape index (κ3) is 3.64. The van der Waals surface area contributed by atoms with Crippen molar-refractivity contribution < 1.29 is 4.74 Å². The van der Waals surface area contributed by atoms with Crippen LogP contribution in [0, 0.1) is 11.8 Å². The lowest BCUT2D eigenvalue weighted by Gasteiger charge is -2.21. The second kappa shape index (κ2) is 7.77. The molecule has 1 aliphatic heterocycles. The number of nitrogens with zero attached hydrogens (tertiary/aromatic N) is 1. The van der Waals surface area contributed by atoms with Crippen molar-refractivity contribution in [2.75, 3.05) is 12.4 Å². The predicted molar refractivity (Wildman–Crippen MR) is 123 cm³/mol. The van der Waals surface area contributed by atoms with Gasteiger partial charge in [-0.1, -0.05) is 54.3 Å². The first kappa shape index (κ1) is 18.0. The number of anilines is 1. The first-order chi connectivity index (χ1) is 14.8. The number of rotatable bonds is 2. The van der Waals surface area contributed by atoms with Crippen LogP contribution in [0.5, 0.6) is 5.75 Å². The summed E-state index contributed by atoms with van der Waals surface area (Å²) in [4.78, 5) is 4.61. The van der Waals surface area contributed by atoms with Crippen molar-refractivity contribution >= 4 is 22.5 Å². The van der Waals surface area contributed by atoms with E-state index < -0.39 is 0 Å². The number of benzene rings is 3. The van der Waals surface area contributed by atoms with Gasteiger partial charge in [-0.05, 0) is 47.9 Å². The summed E-state index contributed by atoms with van der Waals surface area (Å²) < 4.78 is 6.27. The van der Waals surface area contributed by atoms with Crippen molar-refractivity contribution in [2.45, 2.75) is 6.10 Å². The third-order valence-electron chi connectivity index (χ3n) is 5.16. The summed E-state index contributed by atoms with van der Waals surface area (Å²) in [5.41, 5.74) is 4.89. The molecule has 0 saturated heterocycles. The highest BCUT2D eigenvalue weighted by molar-refractivity contribution is 5.82. The monoisotopic (exact) mass is 388 g/mol. The number of nitrogens with one attached hydrogen (secondary N) is 1. The fraction of sp³-hybridized carbons (Fsp3) is 0.0741. The number of aromatic nitrogens is 1. The molecule has 0 amide bonds. The SMILES string of the molecule is CNc1cccc(C#Cc2ccc3c(c2)OC(c2cc4ccccc4cn2)C=C3)c1. The van der Waals surface area contributed by atoms with Gasteiger partial charge in [0.1, 0.15) is 5.75 Å². The Bertz CT molecular complexity index is 1330. The van der Waals surface area contributed by atoms with Crippen LogP contribution in [0.25, 0.3) is 16.8 Å². The molecule has 1 unspecified atom stereocenters. The molecule has 0 saturated carbocycles. The molecule has 3 nitrogen and oxygen atoms in total. The average molecular weight is 388 g/mol. The van der Waals surface area contributed by atoms with Gasteiger partial charge >= 0.3 is 0 Å². The Morgan fingerprint density at radius 2 is 1.70 bits per heavy atom. The van der Waals surface area contributed by atoms with Gasteiger partial charge in [-0.25, -0.2) is 0 Å². The second-order valence-corrected chi connectivity index (χ2v) is 7.19. The summed E-state index contributed by atoms with van der Waals surface area (Å²) in [6, 6.07) is 24.4. The molecule has 0 fully saturated rings. The van der Waals surface area contributed by atoms with Crippen molar-refractivity contribution in [3.05, 3.63) is 107 Å². The van der Waals surface area contributed by atoms with Crippen LogP contribution < -0.4 is 10.1 Å². The lowest BCUT2D eigenvalue weighted by Crippen LogP contribution is -2.10. The van der Waals surface area contributed by atoms with E-state index in [9.17, 15) is 0 Å². The van der Waals surface area contributed by atoms with Gasteiger partial charge in [-0.2, -0.15) is 0 Å². The molecule has 144 valence electrons. The van der Waals surface area contributed by atoms with E-state index in [1.807, 2.05) is 73.9 Å². The molecule has 2 heterocycles. The normalized spacial score (nSPS) is 14.4. The molecule has 3 aromatic carbocycles. The largest absolute Gasteiger partial charge is 0.479 e. The fourth-order valence-corrected chi connectivity index (χ4v) is 3.53. The Labute approximate surface area is 176 Å². The van der Waals surface area contributed by atoms with E-state index in [-0.39, 0.29) is 6.10 Å². The molecule has 1 atom stereocenters. The van der Waals surface area contributed by atoms with E-state index in [1.54, 1.807) is 0 Å². The Hall–Kier alpha value is -4.03. The van der Waals surface area contributed by atoms with Crippen LogP contribution in [0.15, 0.2) is 85.1 Å². The topological polar surface area (TPSA) is 34.1 Å². The molecule has 3 heteroatoms. The first-order valence-corrected chi connectivity index (χ1v) is 9.92. The maximum atomic E-state index is 6.27. The van der Waals surface area contributed by atoms with E-state index >= 15 is 0 Å². The number of hydrogen-bond acceptors (Lipinski definition) is 3. The maximum absolute atomic E-state index is 6.27. The summed E-state index contributed by atoms with van der Waals surface area (Å²) >= 11 is 0. The first-order valence-electron chi connectivity index (χ1n) is 9.92. The number of fused-ring (bicyclic) bond motifs is 2. The van der Waals surface area contributed by atoms with E-state index in [0.29, 0.717) is 0 Å². The number of hydrogen-bond donors (Lipinski definition) is 1. The smallest absolute Gasteiger partial charge is 0.159 e. The van der Waals surface area contributed by atoms with Gasteiger partial charge in [0.2, 0.25) is 0 Å². The summed E-state index contributed by atoms with van der Waals surface area (Å²) in [5, 5.41) is 5.42. The van der Waals surface area contributed by atoms with E-state index in [2.05, 4.69) is 46.4 Å². The quantitative estimate of drug-likeness (QED) is 0.439. The highest BCUT2D eigenvalue weighted by atomic mass is 16.5. The highest BCUT2D eigenvalue weighted by Crippen LogP contribution is 2.33. The van der Waals surface area contributed by atoms with Crippen LogP contribution in [0.4, 0.5) is 5.69 Å². The average Bonchev–Trinajstić information content (AvgIpc) is 2.82. The molecule has 1 aromatic heterocycles. The molecular weight excluding hydrogens is 368 g/mol. The molecular formula is C27H20N2O. The van der Waals surface area contributed by atoms with Gasteiger partial charge in [0.05, 0.1) is 5.69 Å². The van der Waals surface area contributed by atoms with Crippen LogP contribution in [-0.4, -0.2) is 12.0 Å². The number of ether oxygens (including phenoxy) is 1. The minimum Gasteiger partial charge on any atom is -0.479 e. The predicted octanol–water partition coefficient (Wildman–Crippen LogP) is 5.82. The zero-order chi connectivity index (χ0) is 20.3. The van der Waals surface area contributed by atoms with Crippen molar-refractivity contribution in [3.8, 4) is 17.6 Å². The zero-order valence-corrected chi connectivity index (χ0v) is 16.6. The van der Waals surface area contributed by atoms with E-state index in [4.69, 9.17) is 4.74 Å². The molecule has 30 heavy (non-hydrogen) atoms. The summed E-state index contributed by atoms with van der Waals surface area (Å²) in [5.74, 6) is 7.30. The fourth-order valence-electron chi connectivity index (χ4n) is 3.53. The Morgan fingerprint density at radius 1 is 0.867 bits per heavy atom.